The molecule has 0 bridgehead atoms. The van der Waals surface area contributed by atoms with Gasteiger partial charge < -0.3 is 10.6 Å². The van der Waals surface area contributed by atoms with Crippen LogP contribution < -0.4 is 10.6 Å². The van der Waals surface area contributed by atoms with Gasteiger partial charge in [0.2, 0.25) is 0 Å². The van der Waals surface area contributed by atoms with E-state index in [0.29, 0.717) is 22.8 Å². The molecule has 2 heterocycles. The fourth-order valence-corrected chi connectivity index (χ4v) is 2.55. The number of likely N-dealkylation sites (N-methyl/N-ethyl adjacent to an activating group) is 1. The van der Waals surface area contributed by atoms with Crippen molar-refractivity contribution in [2.24, 2.45) is 0 Å². The lowest BCUT2D eigenvalue weighted by molar-refractivity contribution is 0.169. The van der Waals surface area contributed by atoms with E-state index in [1.54, 1.807) is 12.3 Å². The van der Waals surface area contributed by atoms with Crippen LogP contribution in [0.3, 0.4) is 0 Å². The summed E-state index contributed by atoms with van der Waals surface area (Å²) >= 11 is 6.20. The highest BCUT2D eigenvalue weighted by molar-refractivity contribution is 6.33. The van der Waals surface area contributed by atoms with Crippen LogP contribution in [0.5, 0.6) is 0 Å². The summed E-state index contributed by atoms with van der Waals surface area (Å²) in [5, 5.41) is 0.633. The van der Waals surface area contributed by atoms with Crippen LogP contribution in [-0.2, 0) is 0 Å². The lowest BCUT2D eigenvalue weighted by Gasteiger charge is -2.43. The fourth-order valence-electron chi connectivity index (χ4n) is 2.26. The van der Waals surface area contributed by atoms with Crippen molar-refractivity contribution in [3.05, 3.63) is 17.3 Å². The molecule has 0 saturated carbocycles. The third-order valence-electron chi connectivity index (χ3n) is 3.50. The van der Waals surface area contributed by atoms with E-state index in [1.165, 1.54) is 0 Å². The predicted molar refractivity (Wildman–Crippen MR) is 72.6 cm³/mol. The number of piperazine rings is 1. The molecule has 4 nitrogen and oxygen atoms in total. The number of aromatic nitrogens is 1. The summed E-state index contributed by atoms with van der Waals surface area (Å²) < 4.78 is 0. The first-order chi connectivity index (χ1) is 7.99. The Hall–Kier alpha value is -1.00. The summed E-state index contributed by atoms with van der Waals surface area (Å²) in [5.74, 6) is 0.840. The molecule has 94 valence electrons. The summed E-state index contributed by atoms with van der Waals surface area (Å²) in [6, 6.07) is 2.75. The number of nitrogens with zero attached hydrogens (tertiary/aromatic N) is 3. The van der Waals surface area contributed by atoms with E-state index >= 15 is 0 Å². The van der Waals surface area contributed by atoms with Gasteiger partial charge in [0, 0.05) is 25.2 Å². The molecule has 0 aliphatic carbocycles. The number of rotatable bonds is 1. The maximum atomic E-state index is 6.20. The number of pyridine rings is 1. The molecule has 17 heavy (non-hydrogen) atoms. The van der Waals surface area contributed by atoms with E-state index in [4.69, 9.17) is 17.3 Å². The van der Waals surface area contributed by atoms with Gasteiger partial charge in [0.05, 0.1) is 16.9 Å². The van der Waals surface area contributed by atoms with Crippen molar-refractivity contribution in [3.63, 3.8) is 0 Å². The first-order valence-corrected chi connectivity index (χ1v) is 6.24. The van der Waals surface area contributed by atoms with Crippen molar-refractivity contribution in [1.82, 2.24) is 9.88 Å². The highest BCUT2D eigenvalue weighted by Crippen LogP contribution is 2.27. The second-order valence-electron chi connectivity index (χ2n) is 4.84. The standard InChI is InChI=1S/C12H19ClN4/c1-8-6-17(7-9(2)16(8)3)12-11(13)4-10(14)5-15-12/h4-5,8-9H,6-7,14H2,1-3H3. The Labute approximate surface area is 107 Å². The molecule has 1 saturated heterocycles. The molecule has 1 aromatic heterocycles. The second-order valence-corrected chi connectivity index (χ2v) is 5.25. The Bertz CT molecular complexity index is 397. The van der Waals surface area contributed by atoms with Gasteiger partial charge in [-0.15, -0.1) is 0 Å². The Kier molecular flexibility index (Phi) is 3.45. The number of hydrogen-bond acceptors (Lipinski definition) is 4. The maximum Gasteiger partial charge on any atom is 0.147 e. The Morgan fingerprint density at radius 3 is 2.47 bits per heavy atom. The van der Waals surface area contributed by atoms with Gasteiger partial charge >= 0.3 is 0 Å². The Morgan fingerprint density at radius 1 is 1.35 bits per heavy atom. The first kappa shape index (κ1) is 12.5. The van der Waals surface area contributed by atoms with Gasteiger partial charge in [-0.1, -0.05) is 11.6 Å². The molecule has 1 aliphatic heterocycles. The van der Waals surface area contributed by atoms with Crippen molar-refractivity contribution in [2.75, 3.05) is 30.8 Å². The zero-order valence-corrected chi connectivity index (χ0v) is 11.3. The zero-order valence-electron chi connectivity index (χ0n) is 10.5. The molecule has 0 aromatic carbocycles. The summed E-state index contributed by atoms with van der Waals surface area (Å²) in [6.07, 6.45) is 1.66. The van der Waals surface area contributed by atoms with Gasteiger partial charge in [-0.2, -0.15) is 0 Å². The Balaban J connectivity index is 2.23. The topological polar surface area (TPSA) is 45.4 Å². The van der Waals surface area contributed by atoms with Crippen LogP contribution in [0.1, 0.15) is 13.8 Å². The summed E-state index contributed by atoms with van der Waals surface area (Å²) in [5.41, 5.74) is 6.27. The first-order valence-electron chi connectivity index (χ1n) is 5.87. The second kappa shape index (κ2) is 4.70. The van der Waals surface area contributed by atoms with Gasteiger partial charge in [0.1, 0.15) is 5.82 Å². The molecule has 2 N–H and O–H groups in total. The largest absolute Gasteiger partial charge is 0.397 e. The smallest absolute Gasteiger partial charge is 0.147 e. The highest BCUT2D eigenvalue weighted by Gasteiger charge is 2.28. The van der Waals surface area contributed by atoms with Crippen LogP contribution in [0, 0.1) is 0 Å². The number of anilines is 2. The third kappa shape index (κ3) is 2.48. The molecule has 0 spiro atoms. The average molecular weight is 255 g/mol. The van der Waals surface area contributed by atoms with Gasteiger partial charge in [0.15, 0.2) is 0 Å². The highest BCUT2D eigenvalue weighted by atomic mass is 35.5. The monoisotopic (exact) mass is 254 g/mol. The van der Waals surface area contributed by atoms with Gasteiger partial charge in [0.25, 0.3) is 0 Å². The number of halogens is 1. The Morgan fingerprint density at radius 2 is 1.94 bits per heavy atom. The van der Waals surface area contributed by atoms with E-state index in [9.17, 15) is 0 Å². The molecule has 2 unspecified atom stereocenters. The molecular formula is C12H19ClN4. The quantitative estimate of drug-likeness (QED) is 0.831. The molecule has 1 aromatic rings. The van der Waals surface area contributed by atoms with Crippen LogP contribution in [-0.4, -0.2) is 42.1 Å². The lowest BCUT2D eigenvalue weighted by Crippen LogP contribution is -2.55. The van der Waals surface area contributed by atoms with Gasteiger partial charge in [-0.3, -0.25) is 4.90 Å². The number of nitrogens with two attached hydrogens (primary N) is 1. The lowest BCUT2D eigenvalue weighted by atomic mass is 10.1. The van der Waals surface area contributed by atoms with Crippen molar-refractivity contribution in [2.45, 2.75) is 25.9 Å². The van der Waals surface area contributed by atoms with E-state index < -0.39 is 0 Å². The summed E-state index contributed by atoms with van der Waals surface area (Å²) in [4.78, 5) is 8.96. The minimum atomic E-state index is 0.495. The maximum absolute atomic E-state index is 6.20. The summed E-state index contributed by atoms with van der Waals surface area (Å²) in [7, 11) is 2.16. The van der Waals surface area contributed by atoms with Crippen LogP contribution in [0.2, 0.25) is 5.02 Å². The van der Waals surface area contributed by atoms with Crippen LogP contribution in [0.4, 0.5) is 11.5 Å². The molecule has 0 amide bonds. The number of hydrogen-bond donors (Lipinski definition) is 1. The predicted octanol–water partition coefficient (Wildman–Crippen LogP) is 1.85. The van der Waals surface area contributed by atoms with Crippen molar-refractivity contribution in [3.8, 4) is 0 Å². The molecular weight excluding hydrogens is 236 g/mol. The van der Waals surface area contributed by atoms with Crippen molar-refractivity contribution < 1.29 is 0 Å². The van der Waals surface area contributed by atoms with Crippen LogP contribution in [0.25, 0.3) is 0 Å². The number of nitrogen functional groups attached to an aromatic ring is 1. The molecule has 1 fully saturated rings. The SMILES string of the molecule is CC1CN(c2ncc(N)cc2Cl)CC(C)N1C. The third-order valence-corrected chi connectivity index (χ3v) is 3.78. The summed E-state index contributed by atoms with van der Waals surface area (Å²) in [6.45, 7) is 6.32. The molecule has 5 heteroatoms. The minimum Gasteiger partial charge on any atom is -0.397 e. The molecule has 1 aliphatic rings. The van der Waals surface area contributed by atoms with Crippen molar-refractivity contribution >= 4 is 23.1 Å². The molecule has 2 rings (SSSR count). The van der Waals surface area contributed by atoms with E-state index in [2.05, 4.69) is 35.7 Å². The van der Waals surface area contributed by atoms with Crippen LogP contribution in [0.15, 0.2) is 12.3 Å². The normalized spacial score (nSPS) is 26.2. The molecule has 0 radical (unpaired) electrons. The fraction of sp³-hybridized carbons (Fsp3) is 0.583. The van der Waals surface area contributed by atoms with E-state index in [-0.39, 0.29) is 0 Å². The van der Waals surface area contributed by atoms with Crippen LogP contribution >= 0.6 is 11.6 Å². The van der Waals surface area contributed by atoms with Crippen molar-refractivity contribution in [1.29, 1.82) is 0 Å². The average Bonchev–Trinajstić information content (AvgIpc) is 2.25. The van der Waals surface area contributed by atoms with Gasteiger partial charge in [-0.05, 0) is 27.0 Å². The zero-order chi connectivity index (χ0) is 12.6. The van der Waals surface area contributed by atoms with E-state index in [1.807, 2.05) is 0 Å². The van der Waals surface area contributed by atoms with Gasteiger partial charge in [-0.25, -0.2) is 4.98 Å². The molecule has 2 atom stereocenters. The minimum absolute atomic E-state index is 0.495. The van der Waals surface area contributed by atoms with E-state index in [0.717, 1.165) is 18.9 Å².